The molecule has 0 heterocycles. The van der Waals surface area contributed by atoms with Gasteiger partial charge < -0.3 is 0 Å². The lowest BCUT2D eigenvalue weighted by molar-refractivity contribution is 0.768. The van der Waals surface area contributed by atoms with E-state index in [9.17, 15) is 0 Å². The quantitative estimate of drug-likeness (QED) is 0.251. The third kappa shape index (κ3) is 3.70. The molecule has 0 heteroatoms. The molecule has 0 aromatic heterocycles. The van der Waals surface area contributed by atoms with Crippen molar-refractivity contribution in [3.63, 3.8) is 0 Å². The summed E-state index contributed by atoms with van der Waals surface area (Å²) in [5, 5.41) is 0. The topological polar surface area (TPSA) is 0 Å². The fourth-order valence-electron chi connectivity index (χ4n) is 5.49. The average molecular weight is 453 g/mol. The van der Waals surface area contributed by atoms with Crippen molar-refractivity contribution in [1.29, 1.82) is 0 Å². The summed E-state index contributed by atoms with van der Waals surface area (Å²) < 4.78 is 0. The Morgan fingerprint density at radius 2 is 0.943 bits per heavy atom. The molecule has 0 nitrogen and oxygen atoms in total. The summed E-state index contributed by atoms with van der Waals surface area (Å²) in [5.41, 5.74) is 12.7. The van der Waals surface area contributed by atoms with Crippen LogP contribution < -0.4 is 0 Å². The van der Waals surface area contributed by atoms with Crippen LogP contribution in [0.25, 0.3) is 22.3 Å². The van der Waals surface area contributed by atoms with E-state index in [1.54, 1.807) is 0 Å². The van der Waals surface area contributed by atoms with Gasteiger partial charge in [0.15, 0.2) is 0 Å². The largest absolute Gasteiger partial charge is 0.0713 e. The van der Waals surface area contributed by atoms with Crippen LogP contribution in [0.1, 0.15) is 47.2 Å². The molecular weight excluding hydrogens is 420 g/mol. The molecule has 172 valence electrons. The molecule has 0 atom stereocenters. The summed E-state index contributed by atoms with van der Waals surface area (Å²) in [5.74, 6) is 0. The van der Waals surface area contributed by atoms with Crippen LogP contribution >= 0.6 is 0 Å². The van der Waals surface area contributed by atoms with Gasteiger partial charge in [0.2, 0.25) is 0 Å². The molecule has 1 aliphatic rings. The van der Waals surface area contributed by atoms with Crippen LogP contribution in [0, 0.1) is 13.8 Å². The highest BCUT2D eigenvalue weighted by molar-refractivity contribution is 5.88. The van der Waals surface area contributed by atoms with Crippen molar-refractivity contribution in [2.75, 3.05) is 0 Å². The van der Waals surface area contributed by atoms with Gasteiger partial charge in [0.05, 0.1) is 5.41 Å². The fourth-order valence-corrected chi connectivity index (χ4v) is 5.49. The standard InChI is InChI=1S/C33H26.C2H6/c1-23-12-17-27(18-13-23)33(28-19-14-24(2)15-20-28)31-11-7-6-10-29(31)30-21-16-26(22-32(30)33)25-8-4-3-5-9-25;1-2/h3-22H,1-2H3;1-2H3. The summed E-state index contributed by atoms with van der Waals surface area (Å²) >= 11 is 0. The summed E-state index contributed by atoms with van der Waals surface area (Å²) in [6.45, 7) is 8.32. The number of aryl methyl sites for hydroxylation is 2. The maximum Gasteiger partial charge on any atom is 0.0713 e. The van der Waals surface area contributed by atoms with Crippen LogP contribution in [0.4, 0.5) is 0 Å². The highest BCUT2D eigenvalue weighted by Gasteiger charge is 2.46. The summed E-state index contributed by atoms with van der Waals surface area (Å²) in [6, 6.07) is 44.9. The van der Waals surface area contributed by atoms with E-state index in [4.69, 9.17) is 0 Å². The van der Waals surface area contributed by atoms with Gasteiger partial charge in [0.25, 0.3) is 0 Å². The van der Waals surface area contributed by atoms with Gasteiger partial charge in [-0.15, -0.1) is 0 Å². The normalized spacial score (nSPS) is 12.8. The molecule has 0 fully saturated rings. The maximum absolute atomic E-state index is 2.42. The molecule has 5 aromatic carbocycles. The molecule has 0 aliphatic heterocycles. The second kappa shape index (κ2) is 9.39. The molecule has 35 heavy (non-hydrogen) atoms. The van der Waals surface area contributed by atoms with Gasteiger partial charge in [-0.2, -0.15) is 0 Å². The SMILES string of the molecule is CC.Cc1ccc(C2(c3ccc(C)cc3)c3ccccc3-c3ccc(-c4ccccc4)cc32)cc1. The Morgan fingerprint density at radius 3 is 1.54 bits per heavy atom. The Hall–Kier alpha value is -3.90. The monoisotopic (exact) mass is 452 g/mol. The van der Waals surface area contributed by atoms with Gasteiger partial charge in [-0.1, -0.05) is 140 Å². The molecule has 5 aromatic rings. The minimum atomic E-state index is -0.349. The second-order valence-corrected chi connectivity index (χ2v) is 9.15. The first kappa shape index (κ1) is 22.9. The Balaban J connectivity index is 0.00000124. The predicted molar refractivity (Wildman–Crippen MR) is 150 cm³/mol. The highest BCUT2D eigenvalue weighted by atomic mass is 14.5. The molecule has 0 saturated heterocycles. The minimum absolute atomic E-state index is 0.349. The molecule has 1 aliphatic carbocycles. The smallest absolute Gasteiger partial charge is 0.0683 e. The summed E-state index contributed by atoms with van der Waals surface area (Å²) in [7, 11) is 0. The summed E-state index contributed by atoms with van der Waals surface area (Å²) in [6.07, 6.45) is 0. The number of hydrogen-bond donors (Lipinski definition) is 0. The van der Waals surface area contributed by atoms with E-state index in [1.807, 2.05) is 13.8 Å². The minimum Gasteiger partial charge on any atom is -0.0683 e. The van der Waals surface area contributed by atoms with Crippen LogP contribution in [-0.4, -0.2) is 0 Å². The van der Waals surface area contributed by atoms with E-state index >= 15 is 0 Å². The van der Waals surface area contributed by atoms with Gasteiger partial charge in [0, 0.05) is 0 Å². The van der Waals surface area contributed by atoms with Crippen molar-refractivity contribution in [2.45, 2.75) is 33.1 Å². The Morgan fingerprint density at radius 1 is 0.429 bits per heavy atom. The van der Waals surface area contributed by atoms with Crippen LogP contribution in [0.5, 0.6) is 0 Å². The predicted octanol–water partition coefficient (Wildman–Crippen LogP) is 9.36. The van der Waals surface area contributed by atoms with E-state index < -0.39 is 0 Å². The first-order valence-electron chi connectivity index (χ1n) is 12.6. The maximum atomic E-state index is 2.42. The zero-order valence-corrected chi connectivity index (χ0v) is 21.0. The van der Waals surface area contributed by atoms with Crippen molar-refractivity contribution < 1.29 is 0 Å². The van der Waals surface area contributed by atoms with Gasteiger partial charge in [0.1, 0.15) is 0 Å². The van der Waals surface area contributed by atoms with Gasteiger partial charge in [-0.3, -0.25) is 0 Å². The second-order valence-electron chi connectivity index (χ2n) is 9.15. The van der Waals surface area contributed by atoms with E-state index in [1.165, 1.54) is 55.6 Å². The number of benzene rings is 5. The van der Waals surface area contributed by atoms with Gasteiger partial charge in [-0.05, 0) is 64.4 Å². The van der Waals surface area contributed by atoms with Crippen molar-refractivity contribution in [3.05, 3.63) is 155 Å². The zero-order chi connectivity index (χ0) is 24.4. The van der Waals surface area contributed by atoms with Crippen molar-refractivity contribution >= 4 is 0 Å². The third-order valence-electron chi connectivity index (χ3n) is 7.12. The highest BCUT2D eigenvalue weighted by Crippen LogP contribution is 2.56. The van der Waals surface area contributed by atoms with Crippen LogP contribution in [-0.2, 0) is 5.41 Å². The van der Waals surface area contributed by atoms with E-state index in [2.05, 4.69) is 135 Å². The molecule has 6 rings (SSSR count). The zero-order valence-electron chi connectivity index (χ0n) is 21.0. The van der Waals surface area contributed by atoms with Crippen LogP contribution in [0.3, 0.4) is 0 Å². The van der Waals surface area contributed by atoms with Crippen LogP contribution in [0.2, 0.25) is 0 Å². The Labute approximate surface area is 209 Å². The number of hydrogen-bond acceptors (Lipinski definition) is 0. The van der Waals surface area contributed by atoms with Gasteiger partial charge >= 0.3 is 0 Å². The Bertz CT molecular complexity index is 1390. The molecular formula is C35H32. The lowest BCUT2D eigenvalue weighted by Crippen LogP contribution is -2.28. The first-order valence-corrected chi connectivity index (χ1v) is 12.6. The van der Waals surface area contributed by atoms with Gasteiger partial charge in [-0.25, -0.2) is 0 Å². The van der Waals surface area contributed by atoms with E-state index in [-0.39, 0.29) is 5.41 Å². The van der Waals surface area contributed by atoms with Crippen molar-refractivity contribution in [1.82, 2.24) is 0 Å². The molecule has 0 unspecified atom stereocenters. The average Bonchev–Trinajstić information content (AvgIpc) is 3.22. The fraction of sp³-hybridized carbons (Fsp3) is 0.143. The molecule has 0 bridgehead atoms. The van der Waals surface area contributed by atoms with E-state index in [0.717, 1.165) is 0 Å². The third-order valence-corrected chi connectivity index (χ3v) is 7.12. The lowest BCUT2D eigenvalue weighted by atomic mass is 9.67. The molecule has 0 spiro atoms. The van der Waals surface area contributed by atoms with Crippen molar-refractivity contribution in [2.24, 2.45) is 0 Å². The van der Waals surface area contributed by atoms with Crippen molar-refractivity contribution in [3.8, 4) is 22.3 Å². The number of fused-ring (bicyclic) bond motifs is 3. The molecule has 0 radical (unpaired) electrons. The number of rotatable bonds is 3. The molecule has 0 saturated carbocycles. The first-order chi connectivity index (χ1) is 17.2. The Kier molecular flexibility index (Phi) is 6.14. The van der Waals surface area contributed by atoms with E-state index in [0.29, 0.717) is 0 Å². The molecule has 0 amide bonds. The lowest BCUT2D eigenvalue weighted by Gasteiger charge is -2.34. The van der Waals surface area contributed by atoms with Crippen LogP contribution in [0.15, 0.2) is 121 Å². The molecule has 0 N–H and O–H groups in total. The summed E-state index contributed by atoms with van der Waals surface area (Å²) in [4.78, 5) is 0.